The first-order valence-corrected chi connectivity index (χ1v) is 7.25. The highest BCUT2D eigenvalue weighted by Gasteiger charge is 2.20. The van der Waals surface area contributed by atoms with Gasteiger partial charge in [-0.2, -0.15) is 0 Å². The van der Waals surface area contributed by atoms with Crippen LogP contribution in [-0.2, 0) is 0 Å². The van der Waals surface area contributed by atoms with Crippen molar-refractivity contribution in [3.8, 4) is 11.5 Å². The van der Waals surface area contributed by atoms with E-state index in [9.17, 15) is 0 Å². The fourth-order valence-corrected chi connectivity index (χ4v) is 2.15. The summed E-state index contributed by atoms with van der Waals surface area (Å²) in [5, 5.41) is 3.57. The average Bonchev–Trinajstić information content (AvgIpc) is 2.42. The van der Waals surface area contributed by atoms with Crippen molar-refractivity contribution < 1.29 is 9.47 Å². The van der Waals surface area contributed by atoms with Gasteiger partial charge < -0.3 is 14.8 Å². The normalized spacial score (nSPS) is 14.8. The summed E-state index contributed by atoms with van der Waals surface area (Å²) < 4.78 is 10.8. The molecule has 0 aliphatic carbocycles. The number of rotatable bonds is 6. The van der Waals surface area contributed by atoms with E-state index in [-0.39, 0.29) is 5.54 Å². The predicted octanol–water partition coefficient (Wildman–Crippen LogP) is 3.83. The molecule has 20 heavy (non-hydrogen) atoms. The topological polar surface area (TPSA) is 30.5 Å². The van der Waals surface area contributed by atoms with Crippen LogP contribution in [-0.4, -0.2) is 26.3 Å². The molecule has 0 amide bonds. The summed E-state index contributed by atoms with van der Waals surface area (Å²) in [4.78, 5) is 0. The van der Waals surface area contributed by atoms with Gasteiger partial charge in [0.05, 0.1) is 14.2 Å². The zero-order valence-electron chi connectivity index (χ0n) is 13.9. The van der Waals surface area contributed by atoms with E-state index in [1.807, 2.05) is 12.1 Å². The highest BCUT2D eigenvalue weighted by molar-refractivity contribution is 5.42. The third-order valence-electron chi connectivity index (χ3n) is 3.74. The lowest BCUT2D eigenvalue weighted by molar-refractivity contribution is 0.348. The van der Waals surface area contributed by atoms with Crippen molar-refractivity contribution in [2.45, 2.75) is 46.1 Å². The second kappa shape index (κ2) is 6.98. The molecular formula is C17H29NO2. The lowest BCUT2D eigenvalue weighted by Crippen LogP contribution is -2.39. The minimum Gasteiger partial charge on any atom is -0.497 e. The molecule has 0 aliphatic heterocycles. The summed E-state index contributed by atoms with van der Waals surface area (Å²) in [7, 11) is 3.39. The lowest BCUT2D eigenvalue weighted by atomic mass is 9.87. The van der Waals surface area contributed by atoms with Gasteiger partial charge in [0.25, 0.3) is 0 Å². The Morgan fingerprint density at radius 3 is 2.25 bits per heavy atom. The molecule has 0 spiro atoms. The molecule has 1 aromatic carbocycles. The summed E-state index contributed by atoms with van der Waals surface area (Å²) in [5.74, 6) is 2.68. The number of nitrogens with one attached hydrogen (secondary N) is 1. The van der Waals surface area contributed by atoms with Crippen LogP contribution in [0.25, 0.3) is 0 Å². The fourth-order valence-electron chi connectivity index (χ4n) is 2.15. The molecule has 1 rings (SSSR count). The van der Waals surface area contributed by atoms with Crippen molar-refractivity contribution in [1.29, 1.82) is 0 Å². The molecule has 0 bridgehead atoms. The number of ether oxygens (including phenoxy) is 2. The lowest BCUT2D eigenvalue weighted by Gasteiger charge is -2.27. The SMILES string of the molecule is COc1ccc(C(C)C(C)CNC(C)(C)C)c(OC)c1. The van der Waals surface area contributed by atoms with Gasteiger partial charge in [-0.05, 0) is 50.8 Å². The first kappa shape index (κ1) is 16.8. The Kier molecular flexibility index (Phi) is 5.88. The molecule has 3 nitrogen and oxygen atoms in total. The summed E-state index contributed by atoms with van der Waals surface area (Å²) in [6, 6.07) is 6.06. The smallest absolute Gasteiger partial charge is 0.126 e. The third-order valence-corrected chi connectivity index (χ3v) is 3.74. The van der Waals surface area contributed by atoms with Gasteiger partial charge in [-0.3, -0.25) is 0 Å². The van der Waals surface area contributed by atoms with Crippen molar-refractivity contribution in [2.24, 2.45) is 5.92 Å². The Balaban J connectivity index is 2.82. The van der Waals surface area contributed by atoms with E-state index < -0.39 is 0 Å². The van der Waals surface area contributed by atoms with E-state index in [0.717, 1.165) is 18.0 Å². The van der Waals surface area contributed by atoms with Crippen LogP contribution in [0.3, 0.4) is 0 Å². The highest BCUT2D eigenvalue weighted by atomic mass is 16.5. The third kappa shape index (κ3) is 4.71. The van der Waals surface area contributed by atoms with Crippen LogP contribution in [0.5, 0.6) is 11.5 Å². The molecule has 0 fully saturated rings. The monoisotopic (exact) mass is 279 g/mol. The minimum absolute atomic E-state index is 0.151. The molecule has 0 saturated heterocycles. The molecule has 2 atom stereocenters. The van der Waals surface area contributed by atoms with Gasteiger partial charge in [0.1, 0.15) is 11.5 Å². The van der Waals surface area contributed by atoms with E-state index in [4.69, 9.17) is 9.47 Å². The average molecular weight is 279 g/mol. The van der Waals surface area contributed by atoms with Gasteiger partial charge >= 0.3 is 0 Å². The quantitative estimate of drug-likeness (QED) is 0.858. The fraction of sp³-hybridized carbons (Fsp3) is 0.647. The van der Waals surface area contributed by atoms with Crippen LogP contribution in [0.2, 0.25) is 0 Å². The Hall–Kier alpha value is -1.22. The predicted molar refractivity (Wildman–Crippen MR) is 84.9 cm³/mol. The van der Waals surface area contributed by atoms with E-state index >= 15 is 0 Å². The van der Waals surface area contributed by atoms with Crippen LogP contribution >= 0.6 is 0 Å². The Labute approximate surface area is 123 Å². The summed E-state index contributed by atoms with van der Waals surface area (Å²) >= 11 is 0. The van der Waals surface area contributed by atoms with Crippen LogP contribution in [0.1, 0.15) is 46.1 Å². The molecule has 1 N–H and O–H groups in total. The van der Waals surface area contributed by atoms with Gasteiger partial charge in [-0.15, -0.1) is 0 Å². The first-order chi connectivity index (χ1) is 9.28. The van der Waals surface area contributed by atoms with Crippen LogP contribution in [0.4, 0.5) is 0 Å². The van der Waals surface area contributed by atoms with E-state index in [1.165, 1.54) is 5.56 Å². The number of hydrogen-bond donors (Lipinski definition) is 1. The molecule has 0 aliphatic rings. The minimum atomic E-state index is 0.151. The van der Waals surface area contributed by atoms with Gasteiger partial charge in [0, 0.05) is 11.6 Å². The number of hydrogen-bond acceptors (Lipinski definition) is 3. The van der Waals surface area contributed by atoms with Crippen molar-refractivity contribution in [3.63, 3.8) is 0 Å². The highest BCUT2D eigenvalue weighted by Crippen LogP contribution is 2.34. The van der Waals surface area contributed by atoms with Crippen LogP contribution in [0.15, 0.2) is 18.2 Å². The standard InChI is InChI=1S/C17H29NO2/c1-12(11-18-17(3,4)5)13(2)15-9-8-14(19-6)10-16(15)20-7/h8-10,12-13,18H,11H2,1-7H3. The molecule has 0 heterocycles. The second-order valence-electron chi connectivity index (χ2n) is 6.50. The molecule has 2 unspecified atom stereocenters. The largest absolute Gasteiger partial charge is 0.497 e. The van der Waals surface area contributed by atoms with Gasteiger partial charge in [-0.25, -0.2) is 0 Å². The van der Waals surface area contributed by atoms with Crippen molar-refractivity contribution in [2.75, 3.05) is 20.8 Å². The molecule has 3 heteroatoms. The number of benzene rings is 1. The second-order valence-corrected chi connectivity index (χ2v) is 6.50. The van der Waals surface area contributed by atoms with Gasteiger partial charge in [-0.1, -0.05) is 19.9 Å². The van der Waals surface area contributed by atoms with E-state index in [0.29, 0.717) is 11.8 Å². The summed E-state index contributed by atoms with van der Waals surface area (Å²) in [5.41, 5.74) is 1.38. The molecule has 114 valence electrons. The Bertz CT molecular complexity index is 423. The maximum atomic E-state index is 5.50. The zero-order chi connectivity index (χ0) is 15.3. The molecule has 0 saturated carbocycles. The van der Waals surface area contributed by atoms with Gasteiger partial charge in [0.15, 0.2) is 0 Å². The molecule has 0 aromatic heterocycles. The Morgan fingerprint density at radius 2 is 1.75 bits per heavy atom. The zero-order valence-corrected chi connectivity index (χ0v) is 13.9. The van der Waals surface area contributed by atoms with E-state index in [2.05, 4.69) is 46.0 Å². The van der Waals surface area contributed by atoms with Gasteiger partial charge in [0.2, 0.25) is 0 Å². The van der Waals surface area contributed by atoms with Crippen molar-refractivity contribution in [1.82, 2.24) is 5.32 Å². The maximum Gasteiger partial charge on any atom is 0.126 e. The summed E-state index contributed by atoms with van der Waals surface area (Å²) in [6.45, 7) is 12.1. The number of methoxy groups -OCH3 is 2. The molecule has 0 radical (unpaired) electrons. The summed E-state index contributed by atoms with van der Waals surface area (Å²) in [6.07, 6.45) is 0. The van der Waals surface area contributed by atoms with Crippen molar-refractivity contribution in [3.05, 3.63) is 23.8 Å². The molecule has 1 aromatic rings. The van der Waals surface area contributed by atoms with Crippen LogP contribution in [0, 0.1) is 5.92 Å². The molecular weight excluding hydrogens is 250 g/mol. The van der Waals surface area contributed by atoms with Crippen molar-refractivity contribution >= 4 is 0 Å². The van der Waals surface area contributed by atoms with E-state index in [1.54, 1.807) is 14.2 Å². The van der Waals surface area contributed by atoms with Crippen LogP contribution < -0.4 is 14.8 Å². The maximum absolute atomic E-state index is 5.50. The first-order valence-electron chi connectivity index (χ1n) is 7.25. The Morgan fingerprint density at radius 1 is 1.10 bits per heavy atom.